The Morgan fingerprint density at radius 1 is 1.24 bits per heavy atom. The lowest BCUT2D eigenvalue weighted by Gasteiger charge is -2.14. The lowest BCUT2D eigenvalue weighted by Crippen LogP contribution is -2.25. The summed E-state index contributed by atoms with van der Waals surface area (Å²) in [7, 11) is 0. The SMILES string of the molecule is CC(NCCN)c1ccc(N2CC2c2ccncc2)cc1. The maximum Gasteiger partial charge on any atom is 0.0719 e. The van der Waals surface area contributed by atoms with Crippen molar-refractivity contribution < 1.29 is 0 Å². The average molecular weight is 282 g/mol. The third-order valence-electron chi connectivity index (χ3n) is 4.02. The Kier molecular flexibility index (Phi) is 4.18. The maximum absolute atomic E-state index is 5.52. The van der Waals surface area contributed by atoms with Crippen LogP contribution in [0.4, 0.5) is 5.69 Å². The van der Waals surface area contributed by atoms with Gasteiger partial charge in [0.15, 0.2) is 0 Å². The Morgan fingerprint density at radius 3 is 2.62 bits per heavy atom. The molecule has 1 aromatic heterocycles. The van der Waals surface area contributed by atoms with E-state index in [1.165, 1.54) is 16.8 Å². The van der Waals surface area contributed by atoms with Gasteiger partial charge in [-0.05, 0) is 42.3 Å². The van der Waals surface area contributed by atoms with Gasteiger partial charge in [-0.25, -0.2) is 0 Å². The van der Waals surface area contributed by atoms with Crippen LogP contribution < -0.4 is 16.0 Å². The fourth-order valence-electron chi connectivity index (χ4n) is 2.67. The van der Waals surface area contributed by atoms with Crippen molar-refractivity contribution in [1.29, 1.82) is 0 Å². The van der Waals surface area contributed by atoms with Gasteiger partial charge in [0, 0.05) is 43.8 Å². The molecule has 0 bridgehead atoms. The van der Waals surface area contributed by atoms with Crippen molar-refractivity contribution in [2.24, 2.45) is 5.73 Å². The van der Waals surface area contributed by atoms with E-state index in [4.69, 9.17) is 5.73 Å². The number of pyridine rings is 1. The van der Waals surface area contributed by atoms with E-state index in [9.17, 15) is 0 Å². The van der Waals surface area contributed by atoms with Crippen LogP contribution in [-0.4, -0.2) is 24.6 Å². The minimum atomic E-state index is 0.341. The topological polar surface area (TPSA) is 53.9 Å². The summed E-state index contributed by atoms with van der Waals surface area (Å²) >= 11 is 0. The molecule has 2 atom stereocenters. The van der Waals surface area contributed by atoms with Crippen molar-refractivity contribution >= 4 is 5.69 Å². The molecule has 0 amide bonds. The first kappa shape index (κ1) is 14.0. The van der Waals surface area contributed by atoms with Crippen molar-refractivity contribution in [1.82, 2.24) is 10.3 Å². The zero-order valence-corrected chi connectivity index (χ0v) is 12.4. The third-order valence-corrected chi connectivity index (χ3v) is 4.02. The fraction of sp³-hybridized carbons (Fsp3) is 0.353. The van der Waals surface area contributed by atoms with E-state index in [0.29, 0.717) is 18.6 Å². The molecule has 0 spiro atoms. The molecule has 0 radical (unpaired) electrons. The van der Waals surface area contributed by atoms with Gasteiger partial charge >= 0.3 is 0 Å². The summed E-state index contributed by atoms with van der Waals surface area (Å²) in [6, 6.07) is 13.8. The molecular formula is C17H22N4. The van der Waals surface area contributed by atoms with Crippen molar-refractivity contribution in [3.05, 3.63) is 59.9 Å². The van der Waals surface area contributed by atoms with Crippen molar-refractivity contribution in [3.8, 4) is 0 Å². The average Bonchev–Trinajstić information content (AvgIpc) is 3.34. The summed E-state index contributed by atoms with van der Waals surface area (Å²) in [6.07, 6.45) is 3.72. The summed E-state index contributed by atoms with van der Waals surface area (Å²) in [5, 5.41) is 3.40. The number of nitrogens with two attached hydrogens (primary N) is 1. The number of nitrogens with zero attached hydrogens (tertiary/aromatic N) is 2. The lowest BCUT2D eigenvalue weighted by molar-refractivity contribution is 0.582. The predicted molar refractivity (Wildman–Crippen MR) is 86.2 cm³/mol. The Hall–Kier alpha value is -1.91. The molecule has 21 heavy (non-hydrogen) atoms. The van der Waals surface area contributed by atoms with E-state index in [-0.39, 0.29) is 0 Å². The van der Waals surface area contributed by atoms with Crippen LogP contribution in [0, 0.1) is 0 Å². The minimum absolute atomic E-state index is 0.341. The molecule has 110 valence electrons. The highest BCUT2D eigenvalue weighted by Gasteiger charge is 2.35. The van der Waals surface area contributed by atoms with Crippen molar-refractivity contribution in [3.63, 3.8) is 0 Å². The number of rotatable bonds is 6. The van der Waals surface area contributed by atoms with Gasteiger partial charge in [-0.3, -0.25) is 4.98 Å². The second-order valence-corrected chi connectivity index (χ2v) is 5.50. The Labute approximate surface area is 126 Å². The van der Waals surface area contributed by atoms with Gasteiger partial charge < -0.3 is 16.0 Å². The molecule has 0 aliphatic carbocycles. The van der Waals surface area contributed by atoms with Gasteiger partial charge in [0.25, 0.3) is 0 Å². The van der Waals surface area contributed by atoms with Crippen LogP contribution >= 0.6 is 0 Å². The minimum Gasteiger partial charge on any atom is -0.360 e. The molecule has 1 aromatic carbocycles. The molecule has 1 aliphatic rings. The van der Waals surface area contributed by atoms with E-state index in [0.717, 1.165) is 13.1 Å². The number of hydrogen-bond acceptors (Lipinski definition) is 4. The molecule has 2 unspecified atom stereocenters. The van der Waals surface area contributed by atoms with Crippen LogP contribution in [0.15, 0.2) is 48.8 Å². The molecule has 3 N–H and O–H groups in total. The summed E-state index contributed by atoms with van der Waals surface area (Å²) in [4.78, 5) is 6.47. The first-order valence-electron chi connectivity index (χ1n) is 7.49. The van der Waals surface area contributed by atoms with Gasteiger partial charge in [-0.1, -0.05) is 12.1 Å². The van der Waals surface area contributed by atoms with Crippen LogP contribution in [0.2, 0.25) is 0 Å². The lowest BCUT2D eigenvalue weighted by atomic mass is 10.1. The molecule has 1 fully saturated rings. The van der Waals surface area contributed by atoms with Crippen molar-refractivity contribution in [2.75, 3.05) is 24.5 Å². The Balaban J connectivity index is 1.63. The standard InChI is InChI=1S/C17H22N4/c1-13(20-11-8-18)14-2-4-16(5-3-14)21-12-17(21)15-6-9-19-10-7-15/h2-7,9-10,13,17,20H,8,11-12,18H2,1H3. The number of anilines is 1. The van der Waals surface area contributed by atoms with Crippen LogP contribution in [0.25, 0.3) is 0 Å². The van der Waals surface area contributed by atoms with Crippen LogP contribution in [0.3, 0.4) is 0 Å². The second kappa shape index (κ2) is 6.24. The van der Waals surface area contributed by atoms with Crippen molar-refractivity contribution in [2.45, 2.75) is 19.0 Å². The predicted octanol–water partition coefficient (Wildman–Crippen LogP) is 2.25. The summed E-state index contributed by atoms with van der Waals surface area (Å²) in [5.74, 6) is 0. The molecule has 0 saturated carbocycles. The van der Waals surface area contributed by atoms with Crippen LogP contribution in [0.5, 0.6) is 0 Å². The van der Waals surface area contributed by atoms with E-state index in [1.807, 2.05) is 12.4 Å². The number of aromatic nitrogens is 1. The molecule has 4 heteroatoms. The highest BCUT2D eigenvalue weighted by molar-refractivity contribution is 5.57. The van der Waals surface area contributed by atoms with Crippen LogP contribution in [0.1, 0.15) is 30.1 Å². The molecule has 3 rings (SSSR count). The first-order chi connectivity index (χ1) is 10.3. The molecule has 1 saturated heterocycles. The molecular weight excluding hydrogens is 260 g/mol. The molecule has 2 heterocycles. The molecule has 2 aromatic rings. The molecule has 4 nitrogen and oxygen atoms in total. The second-order valence-electron chi connectivity index (χ2n) is 5.50. The first-order valence-corrected chi connectivity index (χ1v) is 7.49. The normalized spacial score (nSPS) is 18.6. The number of nitrogens with one attached hydrogen (secondary N) is 1. The van der Waals surface area contributed by atoms with Crippen LogP contribution in [-0.2, 0) is 0 Å². The van der Waals surface area contributed by atoms with E-state index in [1.54, 1.807) is 0 Å². The zero-order chi connectivity index (χ0) is 14.7. The third kappa shape index (κ3) is 3.23. The Morgan fingerprint density at radius 2 is 1.95 bits per heavy atom. The highest BCUT2D eigenvalue weighted by Crippen LogP contribution is 2.39. The van der Waals surface area contributed by atoms with E-state index in [2.05, 4.69) is 58.5 Å². The number of benzene rings is 1. The zero-order valence-electron chi connectivity index (χ0n) is 12.4. The summed E-state index contributed by atoms with van der Waals surface area (Å²) in [5.41, 5.74) is 9.45. The van der Waals surface area contributed by atoms with Gasteiger partial charge in [-0.2, -0.15) is 0 Å². The maximum atomic E-state index is 5.52. The summed E-state index contributed by atoms with van der Waals surface area (Å²) < 4.78 is 0. The van der Waals surface area contributed by atoms with Gasteiger partial charge in [0.05, 0.1) is 6.04 Å². The van der Waals surface area contributed by atoms with E-state index < -0.39 is 0 Å². The van der Waals surface area contributed by atoms with Gasteiger partial charge in [0.1, 0.15) is 0 Å². The smallest absolute Gasteiger partial charge is 0.0719 e. The molecule has 1 aliphatic heterocycles. The van der Waals surface area contributed by atoms with E-state index >= 15 is 0 Å². The summed E-state index contributed by atoms with van der Waals surface area (Å²) in [6.45, 7) is 4.77. The fourth-order valence-corrected chi connectivity index (χ4v) is 2.67. The Bertz CT molecular complexity index is 567. The monoisotopic (exact) mass is 282 g/mol. The highest BCUT2D eigenvalue weighted by atomic mass is 15.3. The quantitative estimate of drug-likeness (QED) is 0.798. The van der Waals surface area contributed by atoms with Gasteiger partial charge in [0.2, 0.25) is 0 Å². The number of hydrogen-bond donors (Lipinski definition) is 2. The van der Waals surface area contributed by atoms with Gasteiger partial charge in [-0.15, -0.1) is 0 Å². The largest absolute Gasteiger partial charge is 0.360 e.